The minimum Gasteiger partial charge on any atom is -0.338 e. The van der Waals surface area contributed by atoms with Crippen LogP contribution >= 0.6 is 31.8 Å². The largest absolute Gasteiger partial charge is 0.452 e. The summed E-state index contributed by atoms with van der Waals surface area (Å²) in [4.78, 5) is 10.6. The van der Waals surface area contributed by atoms with Crippen LogP contribution in [0.15, 0.2) is 0 Å². The van der Waals surface area contributed by atoms with Gasteiger partial charge in [-0.1, -0.05) is 0 Å². The Bertz CT molecular complexity index is 197. The summed E-state index contributed by atoms with van der Waals surface area (Å²) in [6.45, 7) is 0. The molecule has 0 N–H and O–H groups in total. The fourth-order valence-electron chi connectivity index (χ4n) is 0.248. The molecule has 0 aliphatic heterocycles. The SMILES string of the molecule is COSOP(=O)(OC)C(=O)OCl. The Hall–Kier alpha value is 0.220. The zero-order valence-corrected chi connectivity index (χ0v) is 8.65. The predicted octanol–water partition coefficient (Wildman–Crippen LogP) is 2.34. The van der Waals surface area contributed by atoms with Crippen LogP contribution in [0.3, 0.4) is 0 Å². The summed E-state index contributed by atoms with van der Waals surface area (Å²) in [7, 11) is -1.68. The van der Waals surface area contributed by atoms with E-state index >= 15 is 0 Å². The van der Waals surface area contributed by atoms with E-state index in [-0.39, 0.29) is 0 Å². The molecule has 12 heavy (non-hydrogen) atoms. The Kier molecular flexibility index (Phi) is 5.90. The van der Waals surface area contributed by atoms with Gasteiger partial charge in [-0.2, -0.15) is 0 Å². The topological polar surface area (TPSA) is 71.1 Å². The molecule has 0 spiro atoms. The fourth-order valence-corrected chi connectivity index (χ4v) is 1.79. The normalized spacial score (nSPS) is 15.2. The van der Waals surface area contributed by atoms with Crippen LogP contribution in [0, 0.1) is 0 Å². The van der Waals surface area contributed by atoms with Gasteiger partial charge in [0.05, 0.1) is 7.11 Å². The third-order valence-corrected chi connectivity index (χ3v) is 3.16. The highest BCUT2D eigenvalue weighted by atomic mass is 35.5. The Labute approximate surface area is 78.6 Å². The molecule has 0 bridgehead atoms. The quantitative estimate of drug-likeness (QED) is 0.536. The van der Waals surface area contributed by atoms with Crippen LogP contribution in [0.1, 0.15) is 0 Å². The third kappa shape index (κ3) is 3.30. The summed E-state index contributed by atoms with van der Waals surface area (Å²) in [5.41, 5.74) is -1.30. The van der Waals surface area contributed by atoms with E-state index in [1.807, 2.05) is 0 Å². The maximum absolute atomic E-state index is 11.2. The number of hydrogen-bond acceptors (Lipinski definition) is 7. The molecule has 0 amide bonds. The predicted molar refractivity (Wildman–Crippen MR) is 42.6 cm³/mol. The maximum atomic E-state index is 11.2. The van der Waals surface area contributed by atoms with Crippen molar-refractivity contribution in [3.63, 3.8) is 0 Å². The van der Waals surface area contributed by atoms with Gasteiger partial charge in [-0.3, -0.25) is 4.18 Å². The van der Waals surface area contributed by atoms with Crippen LogP contribution in [0.2, 0.25) is 0 Å². The van der Waals surface area contributed by atoms with E-state index in [4.69, 9.17) is 0 Å². The van der Waals surface area contributed by atoms with Crippen LogP contribution in [0.25, 0.3) is 0 Å². The molecule has 0 aliphatic rings. The van der Waals surface area contributed by atoms with Gasteiger partial charge in [0.2, 0.25) is 0 Å². The van der Waals surface area contributed by atoms with E-state index in [9.17, 15) is 9.36 Å². The first-order valence-electron chi connectivity index (χ1n) is 2.48. The molecular weight excluding hydrogens is 231 g/mol. The summed E-state index contributed by atoms with van der Waals surface area (Å²) in [6.07, 6.45) is 0. The van der Waals surface area contributed by atoms with E-state index in [0.29, 0.717) is 12.3 Å². The second kappa shape index (κ2) is 5.80. The van der Waals surface area contributed by atoms with Crippen LogP contribution in [-0.2, 0) is 21.5 Å². The van der Waals surface area contributed by atoms with Crippen molar-refractivity contribution in [3.8, 4) is 0 Å². The summed E-state index contributed by atoms with van der Waals surface area (Å²) in [5, 5.41) is 0. The van der Waals surface area contributed by atoms with Gasteiger partial charge in [-0.05, 0) is 0 Å². The van der Waals surface area contributed by atoms with Crippen molar-refractivity contribution in [1.82, 2.24) is 0 Å². The standard InChI is InChI=1S/C3H6ClO6PS/c1-7-11(6,3(5)9-4)10-12-8-2/h1-2H3. The van der Waals surface area contributed by atoms with Gasteiger partial charge in [0.25, 0.3) is 0 Å². The van der Waals surface area contributed by atoms with Crippen molar-refractivity contribution in [2.75, 3.05) is 14.2 Å². The molecule has 0 aliphatic carbocycles. The molecule has 72 valence electrons. The monoisotopic (exact) mass is 236 g/mol. The Morgan fingerprint density at radius 1 is 1.50 bits per heavy atom. The van der Waals surface area contributed by atoms with Crippen molar-refractivity contribution in [2.24, 2.45) is 0 Å². The molecule has 0 fully saturated rings. The van der Waals surface area contributed by atoms with Gasteiger partial charge in [0.1, 0.15) is 11.9 Å². The highest BCUT2D eigenvalue weighted by Gasteiger charge is 2.37. The van der Waals surface area contributed by atoms with Gasteiger partial charge in [-0.15, -0.1) is 0 Å². The molecule has 9 heteroatoms. The summed E-state index contributed by atoms with van der Waals surface area (Å²) in [5.74, 6) is 0. The van der Waals surface area contributed by atoms with Crippen molar-refractivity contribution in [3.05, 3.63) is 0 Å². The lowest BCUT2D eigenvalue weighted by Gasteiger charge is -2.08. The number of hydrogen-bond donors (Lipinski definition) is 0. The molecule has 1 unspecified atom stereocenters. The van der Waals surface area contributed by atoms with E-state index in [1.165, 1.54) is 7.11 Å². The van der Waals surface area contributed by atoms with E-state index in [2.05, 4.69) is 28.8 Å². The highest BCUT2D eigenvalue weighted by molar-refractivity contribution is 7.96. The van der Waals surface area contributed by atoms with Crippen molar-refractivity contribution in [1.29, 1.82) is 0 Å². The Morgan fingerprint density at radius 3 is 2.42 bits per heavy atom. The fraction of sp³-hybridized carbons (Fsp3) is 0.667. The molecule has 0 rings (SSSR count). The van der Waals surface area contributed by atoms with Crippen LogP contribution in [0.4, 0.5) is 4.79 Å². The molecule has 1 atom stereocenters. The number of rotatable bonds is 5. The minimum atomic E-state index is -3.96. The lowest BCUT2D eigenvalue weighted by Crippen LogP contribution is -1.99. The Balaban J connectivity index is 4.24. The van der Waals surface area contributed by atoms with Gasteiger partial charge < -0.3 is 8.81 Å². The first kappa shape index (κ1) is 12.2. The maximum Gasteiger partial charge on any atom is 0.452 e. The summed E-state index contributed by atoms with van der Waals surface area (Å²) >= 11 is 5.00. The first-order valence-corrected chi connectivity index (χ1v) is 5.00. The zero-order chi connectivity index (χ0) is 9.61. The molecule has 0 saturated carbocycles. The highest BCUT2D eigenvalue weighted by Crippen LogP contribution is 2.52. The number of carbonyl (C=O) groups excluding carboxylic acids is 1. The second-order valence-electron chi connectivity index (χ2n) is 1.33. The first-order chi connectivity index (χ1) is 5.60. The molecule has 0 aromatic carbocycles. The van der Waals surface area contributed by atoms with Crippen molar-refractivity contribution < 1.29 is 26.3 Å². The number of carbonyl (C=O) groups is 1. The average Bonchev–Trinajstić information content (AvgIpc) is 2.12. The van der Waals surface area contributed by atoms with Crippen LogP contribution in [0.5, 0.6) is 0 Å². The van der Waals surface area contributed by atoms with E-state index in [0.717, 1.165) is 7.11 Å². The van der Waals surface area contributed by atoms with E-state index in [1.54, 1.807) is 0 Å². The second-order valence-corrected chi connectivity index (χ2v) is 4.28. The lowest BCUT2D eigenvalue weighted by molar-refractivity contribution is 0.215. The molecule has 0 aromatic rings. The van der Waals surface area contributed by atoms with Crippen LogP contribution in [-0.4, -0.2) is 19.9 Å². The molecule has 6 nitrogen and oxygen atoms in total. The van der Waals surface area contributed by atoms with Crippen LogP contribution < -0.4 is 0 Å². The van der Waals surface area contributed by atoms with Gasteiger partial charge >= 0.3 is 13.3 Å². The average molecular weight is 237 g/mol. The van der Waals surface area contributed by atoms with Crippen molar-refractivity contribution >= 4 is 37.5 Å². The molecule has 0 radical (unpaired) electrons. The smallest absolute Gasteiger partial charge is 0.338 e. The number of halogens is 1. The minimum absolute atomic E-state index is 0.336. The Morgan fingerprint density at radius 2 is 2.08 bits per heavy atom. The molecule has 0 heterocycles. The third-order valence-electron chi connectivity index (χ3n) is 0.727. The van der Waals surface area contributed by atoms with E-state index < -0.39 is 13.3 Å². The van der Waals surface area contributed by atoms with Gasteiger partial charge in [0.15, 0.2) is 12.3 Å². The molecule has 0 saturated heterocycles. The van der Waals surface area contributed by atoms with Gasteiger partial charge in [-0.25, -0.2) is 13.3 Å². The summed E-state index contributed by atoms with van der Waals surface area (Å²) < 4.78 is 27.8. The van der Waals surface area contributed by atoms with Gasteiger partial charge in [0, 0.05) is 7.11 Å². The molecule has 0 aromatic heterocycles. The van der Waals surface area contributed by atoms with Crippen molar-refractivity contribution in [2.45, 2.75) is 0 Å². The lowest BCUT2D eigenvalue weighted by atomic mass is 11.6. The molecular formula is C3H6ClO6PS. The zero-order valence-electron chi connectivity index (χ0n) is 6.18. The summed E-state index contributed by atoms with van der Waals surface area (Å²) in [6, 6.07) is 0.